The van der Waals surface area contributed by atoms with Gasteiger partial charge in [-0.1, -0.05) is 0 Å². The highest BCUT2D eigenvalue weighted by Gasteiger charge is 2.20. The molecule has 0 atom stereocenters. The van der Waals surface area contributed by atoms with Gasteiger partial charge in [0.05, 0.1) is 26.4 Å². The van der Waals surface area contributed by atoms with Crippen LogP contribution >= 0.6 is 0 Å². The summed E-state index contributed by atoms with van der Waals surface area (Å²) in [5.74, 6) is 2.18. The van der Waals surface area contributed by atoms with E-state index in [1.165, 1.54) is 0 Å². The zero-order chi connectivity index (χ0) is 15.0. The molecule has 1 aromatic rings. The Bertz CT molecular complexity index is 415. The van der Waals surface area contributed by atoms with Crippen LogP contribution in [0.15, 0.2) is 6.07 Å². The Kier molecular flexibility index (Phi) is 7.23. The first-order valence-corrected chi connectivity index (χ1v) is 7.32. The van der Waals surface area contributed by atoms with Crippen LogP contribution in [0.4, 0.5) is 0 Å². The van der Waals surface area contributed by atoms with Crippen LogP contribution in [0.3, 0.4) is 0 Å². The Morgan fingerprint density at radius 3 is 1.85 bits per heavy atom. The summed E-state index contributed by atoms with van der Waals surface area (Å²) < 4.78 is 22.8. The Labute approximate surface area is 122 Å². The fraction of sp³-hybridized carbons (Fsp3) is 0.625. The van der Waals surface area contributed by atoms with Crippen molar-refractivity contribution in [3.8, 4) is 17.2 Å². The van der Waals surface area contributed by atoms with Gasteiger partial charge in [0, 0.05) is 12.2 Å². The number of rotatable bonds is 9. The molecule has 0 saturated carbocycles. The van der Waals surface area contributed by atoms with E-state index in [0.717, 1.165) is 22.6 Å². The zero-order valence-electron chi connectivity index (χ0n) is 13.2. The van der Waals surface area contributed by atoms with Gasteiger partial charge >= 0.3 is 0 Å². The lowest BCUT2D eigenvalue weighted by Gasteiger charge is -2.20. The van der Waals surface area contributed by atoms with Crippen LogP contribution in [-0.4, -0.2) is 26.4 Å². The maximum Gasteiger partial charge on any atom is 0.204 e. The van der Waals surface area contributed by atoms with Crippen LogP contribution < -0.4 is 14.2 Å². The Hall–Kier alpha value is -1.42. The molecule has 0 aliphatic heterocycles. The second-order valence-electron chi connectivity index (χ2n) is 4.28. The van der Waals surface area contributed by atoms with Crippen LogP contribution in [0.2, 0.25) is 0 Å². The van der Waals surface area contributed by atoms with Crippen molar-refractivity contribution in [1.82, 2.24) is 0 Å². The first kappa shape index (κ1) is 16.6. The van der Waals surface area contributed by atoms with Crippen molar-refractivity contribution in [1.29, 1.82) is 0 Å². The molecule has 4 nitrogen and oxygen atoms in total. The lowest BCUT2D eigenvalue weighted by Crippen LogP contribution is -2.07. The quantitative estimate of drug-likeness (QED) is 0.691. The van der Waals surface area contributed by atoms with Gasteiger partial charge in [0.15, 0.2) is 11.5 Å². The summed E-state index contributed by atoms with van der Waals surface area (Å²) in [6.07, 6.45) is 0. The summed E-state index contributed by atoms with van der Waals surface area (Å²) in [5, 5.41) is 0. The molecule has 0 spiro atoms. The predicted molar refractivity (Wildman–Crippen MR) is 80.0 cm³/mol. The van der Waals surface area contributed by atoms with Gasteiger partial charge in [-0.2, -0.15) is 0 Å². The smallest absolute Gasteiger partial charge is 0.204 e. The molecule has 1 rings (SSSR count). The van der Waals surface area contributed by atoms with Crippen LogP contribution in [0.25, 0.3) is 0 Å². The van der Waals surface area contributed by atoms with Crippen molar-refractivity contribution in [2.75, 3.05) is 26.4 Å². The van der Waals surface area contributed by atoms with Crippen molar-refractivity contribution in [2.24, 2.45) is 0 Å². The summed E-state index contributed by atoms with van der Waals surface area (Å²) in [6.45, 7) is 12.8. The fourth-order valence-electron chi connectivity index (χ4n) is 2.04. The molecule has 0 fully saturated rings. The minimum Gasteiger partial charge on any atom is -0.490 e. The fourth-order valence-corrected chi connectivity index (χ4v) is 2.04. The van der Waals surface area contributed by atoms with Gasteiger partial charge < -0.3 is 18.9 Å². The molecule has 0 bridgehead atoms. The lowest BCUT2D eigenvalue weighted by molar-refractivity contribution is 0.130. The number of benzene rings is 1. The first-order valence-electron chi connectivity index (χ1n) is 7.32. The van der Waals surface area contributed by atoms with Gasteiger partial charge in [-0.25, -0.2) is 0 Å². The highest BCUT2D eigenvalue weighted by molar-refractivity contribution is 5.59. The van der Waals surface area contributed by atoms with Gasteiger partial charge in [-0.15, -0.1) is 0 Å². The Morgan fingerprint density at radius 1 is 0.750 bits per heavy atom. The molecule has 0 aliphatic carbocycles. The minimum absolute atomic E-state index is 0.513. The SMILES string of the molecule is CCOCc1cc(C)c(OCC)c(OCC)c1OCC. The highest BCUT2D eigenvalue weighted by Crippen LogP contribution is 2.43. The first-order chi connectivity index (χ1) is 9.69. The topological polar surface area (TPSA) is 36.9 Å². The molecule has 1 aromatic carbocycles. The standard InChI is InChI=1S/C16H26O4/c1-6-17-11-13-10-12(5)14(18-7-2)16(20-9-4)15(13)19-8-3/h10H,6-9,11H2,1-5H3. The molecular formula is C16H26O4. The van der Waals surface area contributed by atoms with Crippen LogP contribution in [0.5, 0.6) is 17.2 Å². The van der Waals surface area contributed by atoms with Crippen molar-refractivity contribution in [3.05, 3.63) is 17.2 Å². The molecule has 0 aliphatic rings. The van der Waals surface area contributed by atoms with E-state index in [2.05, 4.69) is 0 Å². The molecule has 0 unspecified atom stereocenters. The number of ether oxygens (including phenoxy) is 4. The van der Waals surface area contributed by atoms with E-state index in [4.69, 9.17) is 18.9 Å². The van der Waals surface area contributed by atoms with Crippen molar-refractivity contribution in [2.45, 2.75) is 41.2 Å². The second kappa shape index (κ2) is 8.69. The van der Waals surface area contributed by atoms with Crippen molar-refractivity contribution in [3.63, 3.8) is 0 Å². The minimum atomic E-state index is 0.513. The maximum absolute atomic E-state index is 5.77. The normalized spacial score (nSPS) is 10.4. The molecule has 0 saturated heterocycles. The maximum atomic E-state index is 5.77. The van der Waals surface area contributed by atoms with Gasteiger partial charge in [-0.05, 0) is 46.2 Å². The van der Waals surface area contributed by atoms with Gasteiger partial charge in [-0.3, -0.25) is 0 Å². The van der Waals surface area contributed by atoms with E-state index < -0.39 is 0 Å². The Morgan fingerprint density at radius 2 is 1.30 bits per heavy atom. The Balaban J connectivity index is 3.30. The van der Waals surface area contributed by atoms with Crippen LogP contribution in [-0.2, 0) is 11.3 Å². The summed E-state index contributed by atoms with van der Waals surface area (Å²) in [5.41, 5.74) is 2.03. The van der Waals surface area contributed by atoms with Crippen LogP contribution in [0, 0.1) is 6.92 Å². The largest absolute Gasteiger partial charge is 0.490 e. The number of aryl methyl sites for hydroxylation is 1. The third-order valence-corrected chi connectivity index (χ3v) is 2.78. The van der Waals surface area contributed by atoms with E-state index >= 15 is 0 Å². The van der Waals surface area contributed by atoms with E-state index in [9.17, 15) is 0 Å². The molecule has 0 heterocycles. The molecule has 114 valence electrons. The van der Waals surface area contributed by atoms with Crippen LogP contribution in [0.1, 0.15) is 38.8 Å². The second-order valence-corrected chi connectivity index (χ2v) is 4.28. The molecule has 20 heavy (non-hydrogen) atoms. The van der Waals surface area contributed by atoms with Gasteiger partial charge in [0.1, 0.15) is 0 Å². The van der Waals surface area contributed by atoms with E-state index in [1.807, 2.05) is 40.7 Å². The highest BCUT2D eigenvalue weighted by atomic mass is 16.5. The van der Waals surface area contributed by atoms with E-state index in [0.29, 0.717) is 38.8 Å². The number of hydrogen-bond donors (Lipinski definition) is 0. The molecule has 0 amide bonds. The molecular weight excluding hydrogens is 256 g/mol. The molecule has 0 aromatic heterocycles. The third-order valence-electron chi connectivity index (χ3n) is 2.78. The summed E-state index contributed by atoms with van der Waals surface area (Å²) in [7, 11) is 0. The average molecular weight is 282 g/mol. The zero-order valence-corrected chi connectivity index (χ0v) is 13.2. The molecule has 4 heteroatoms. The summed E-state index contributed by atoms with van der Waals surface area (Å²) in [6, 6.07) is 2.05. The summed E-state index contributed by atoms with van der Waals surface area (Å²) in [4.78, 5) is 0. The molecule has 0 N–H and O–H groups in total. The van der Waals surface area contributed by atoms with E-state index in [-0.39, 0.29) is 0 Å². The number of hydrogen-bond acceptors (Lipinski definition) is 4. The van der Waals surface area contributed by atoms with Gasteiger partial charge in [0.25, 0.3) is 0 Å². The third kappa shape index (κ3) is 4.04. The predicted octanol–water partition coefficient (Wildman–Crippen LogP) is 3.73. The van der Waals surface area contributed by atoms with Gasteiger partial charge in [0.2, 0.25) is 5.75 Å². The molecule has 0 radical (unpaired) electrons. The van der Waals surface area contributed by atoms with Crippen molar-refractivity contribution < 1.29 is 18.9 Å². The van der Waals surface area contributed by atoms with E-state index in [1.54, 1.807) is 0 Å². The monoisotopic (exact) mass is 282 g/mol. The average Bonchev–Trinajstić information content (AvgIpc) is 2.44. The lowest BCUT2D eigenvalue weighted by atomic mass is 10.1. The summed E-state index contributed by atoms with van der Waals surface area (Å²) >= 11 is 0. The van der Waals surface area contributed by atoms with Crippen molar-refractivity contribution >= 4 is 0 Å².